The van der Waals surface area contributed by atoms with Gasteiger partial charge in [-0.15, -0.1) is 13.2 Å². The third kappa shape index (κ3) is 4.98. The van der Waals surface area contributed by atoms with E-state index in [4.69, 9.17) is 4.74 Å². The molecule has 39 heavy (non-hydrogen) atoms. The summed E-state index contributed by atoms with van der Waals surface area (Å²) in [7, 11) is 0. The van der Waals surface area contributed by atoms with E-state index in [9.17, 15) is 19.5 Å². The molecule has 8 nitrogen and oxygen atoms in total. The molecule has 1 aromatic rings. The Labute approximate surface area is 239 Å². The second kappa shape index (κ2) is 11.2. The lowest BCUT2D eigenvalue weighted by atomic mass is 9.70. The summed E-state index contributed by atoms with van der Waals surface area (Å²) in [6.07, 6.45) is 3.20. The van der Waals surface area contributed by atoms with E-state index >= 15 is 0 Å². The molecule has 0 saturated carbocycles. The molecule has 3 amide bonds. The number of likely N-dealkylation sites (tertiary alicyclic amines) is 1. The predicted octanol–water partition coefficient (Wildman–Crippen LogP) is 3.14. The standard InChI is InChI=1S/C30H40BrN3O5/c1-7-14-32(17-20-12-10-9-11-13-20)26(36)22-23-27(37)34(19(3)18-35)25(30(23)16-21(31)24(22)39-30)28(38)33(15-8-2)29(4,5)6/h7-13,19,21-25,35H,1-2,14-18H2,3-6H3/t19-,21?,22+,23+,24+,25?,30?/m1/s1. The smallest absolute Gasteiger partial charge is 0.249 e. The first-order chi connectivity index (χ1) is 18.4. The van der Waals surface area contributed by atoms with Crippen LogP contribution in [-0.4, -0.2) is 91.4 Å². The van der Waals surface area contributed by atoms with E-state index in [-0.39, 0.29) is 29.2 Å². The maximum Gasteiger partial charge on any atom is 0.249 e. The first-order valence-electron chi connectivity index (χ1n) is 13.5. The molecule has 0 aliphatic carbocycles. The summed E-state index contributed by atoms with van der Waals surface area (Å²) < 4.78 is 6.64. The Morgan fingerprint density at radius 1 is 1.21 bits per heavy atom. The number of hydrogen-bond donors (Lipinski definition) is 1. The number of benzene rings is 1. The summed E-state index contributed by atoms with van der Waals surface area (Å²) in [5.41, 5.74) is -0.769. The fourth-order valence-electron chi connectivity index (χ4n) is 6.57. The van der Waals surface area contributed by atoms with Gasteiger partial charge >= 0.3 is 0 Å². The second-order valence-electron chi connectivity index (χ2n) is 11.8. The Morgan fingerprint density at radius 2 is 1.85 bits per heavy atom. The van der Waals surface area contributed by atoms with Crippen LogP contribution >= 0.6 is 15.9 Å². The van der Waals surface area contributed by atoms with Crippen molar-refractivity contribution in [3.63, 3.8) is 0 Å². The Kier molecular flexibility index (Phi) is 8.45. The van der Waals surface area contributed by atoms with Gasteiger partial charge in [-0.2, -0.15) is 0 Å². The van der Waals surface area contributed by atoms with Crippen molar-refractivity contribution >= 4 is 33.7 Å². The Hall–Kier alpha value is -2.49. The summed E-state index contributed by atoms with van der Waals surface area (Å²) in [5.74, 6) is -2.38. The lowest BCUT2D eigenvalue weighted by molar-refractivity contribution is -0.154. The number of aliphatic hydroxyl groups excluding tert-OH is 1. The number of amides is 3. The molecule has 3 aliphatic heterocycles. The van der Waals surface area contributed by atoms with E-state index in [1.807, 2.05) is 51.1 Å². The molecule has 3 saturated heterocycles. The largest absolute Gasteiger partial charge is 0.394 e. The monoisotopic (exact) mass is 601 g/mol. The molecule has 0 radical (unpaired) electrons. The summed E-state index contributed by atoms with van der Waals surface area (Å²) in [6.45, 7) is 15.9. The van der Waals surface area contributed by atoms with Crippen molar-refractivity contribution in [3.8, 4) is 0 Å². The zero-order valence-corrected chi connectivity index (χ0v) is 24.8. The number of rotatable bonds is 10. The summed E-state index contributed by atoms with van der Waals surface area (Å²) in [6, 6.07) is 8.08. The minimum Gasteiger partial charge on any atom is -0.394 e. The summed E-state index contributed by atoms with van der Waals surface area (Å²) in [5, 5.41) is 10.1. The van der Waals surface area contributed by atoms with E-state index in [1.165, 1.54) is 4.90 Å². The first kappa shape index (κ1) is 29.5. The SMILES string of the molecule is C=CCN(Cc1ccccc1)C(=O)[C@H]1[C@H]2C(=O)N([C@H](C)CO)C(C(=O)N(CC=C)C(C)(C)C)C23CC(Br)[C@@H]1O3. The zero-order valence-electron chi connectivity index (χ0n) is 23.3. The quantitative estimate of drug-likeness (QED) is 0.329. The van der Waals surface area contributed by atoms with Gasteiger partial charge in [-0.1, -0.05) is 58.4 Å². The molecule has 1 aromatic carbocycles. The van der Waals surface area contributed by atoms with Crippen molar-refractivity contribution < 1.29 is 24.2 Å². The van der Waals surface area contributed by atoms with Crippen molar-refractivity contribution in [2.45, 2.75) is 74.8 Å². The van der Waals surface area contributed by atoms with Gasteiger partial charge in [-0.25, -0.2) is 0 Å². The molecule has 9 heteroatoms. The normalized spacial score (nSPS) is 30.2. The van der Waals surface area contributed by atoms with Crippen LogP contribution in [0.1, 0.15) is 39.7 Å². The van der Waals surface area contributed by atoms with Crippen LogP contribution in [0, 0.1) is 11.8 Å². The fourth-order valence-corrected chi connectivity index (χ4v) is 7.51. The van der Waals surface area contributed by atoms with Crippen LogP contribution in [0.3, 0.4) is 0 Å². The van der Waals surface area contributed by atoms with Gasteiger partial charge in [0.2, 0.25) is 17.7 Å². The molecule has 3 unspecified atom stereocenters. The molecular weight excluding hydrogens is 562 g/mol. The van der Waals surface area contributed by atoms with Gasteiger partial charge in [-0.05, 0) is 39.7 Å². The highest BCUT2D eigenvalue weighted by molar-refractivity contribution is 9.09. The van der Waals surface area contributed by atoms with Crippen molar-refractivity contribution in [1.82, 2.24) is 14.7 Å². The van der Waals surface area contributed by atoms with E-state index in [0.717, 1.165) is 5.56 Å². The van der Waals surface area contributed by atoms with Crippen LogP contribution in [0.25, 0.3) is 0 Å². The third-order valence-electron chi connectivity index (χ3n) is 8.25. The number of aliphatic hydroxyl groups is 1. The molecule has 4 rings (SSSR count). The molecule has 0 aromatic heterocycles. The van der Waals surface area contributed by atoms with Gasteiger partial charge in [0, 0.05) is 30.0 Å². The maximum atomic E-state index is 14.3. The molecule has 1 spiro atoms. The number of ether oxygens (including phenoxy) is 1. The summed E-state index contributed by atoms with van der Waals surface area (Å²) in [4.78, 5) is 47.4. The lowest BCUT2D eigenvalue weighted by Gasteiger charge is -2.43. The third-order valence-corrected chi connectivity index (χ3v) is 9.09. The number of carbonyl (C=O) groups excluding carboxylic acids is 3. The minimum absolute atomic E-state index is 0.198. The first-order valence-corrected chi connectivity index (χ1v) is 14.4. The van der Waals surface area contributed by atoms with Gasteiger partial charge in [0.25, 0.3) is 0 Å². The van der Waals surface area contributed by atoms with E-state index in [0.29, 0.717) is 26.1 Å². The highest BCUT2D eigenvalue weighted by Crippen LogP contribution is 2.61. The Bertz CT molecular complexity index is 1120. The van der Waals surface area contributed by atoms with E-state index < -0.39 is 41.2 Å². The van der Waals surface area contributed by atoms with Gasteiger partial charge in [-0.3, -0.25) is 14.4 Å². The number of halogens is 1. The van der Waals surface area contributed by atoms with Gasteiger partial charge in [0.1, 0.15) is 11.6 Å². The molecule has 3 heterocycles. The van der Waals surface area contributed by atoms with Crippen molar-refractivity contribution in [2.75, 3.05) is 19.7 Å². The van der Waals surface area contributed by atoms with E-state index in [1.54, 1.807) is 28.9 Å². The Balaban J connectivity index is 1.78. The Morgan fingerprint density at radius 3 is 2.41 bits per heavy atom. The fraction of sp³-hybridized carbons (Fsp3) is 0.567. The highest BCUT2D eigenvalue weighted by atomic mass is 79.9. The van der Waals surface area contributed by atoms with Gasteiger partial charge < -0.3 is 24.5 Å². The van der Waals surface area contributed by atoms with Crippen LogP contribution in [0.4, 0.5) is 0 Å². The molecule has 3 aliphatic rings. The lowest BCUT2D eigenvalue weighted by Crippen LogP contribution is -2.61. The predicted molar refractivity (Wildman–Crippen MR) is 153 cm³/mol. The number of carbonyl (C=O) groups is 3. The van der Waals surface area contributed by atoms with Crippen LogP contribution < -0.4 is 0 Å². The van der Waals surface area contributed by atoms with Gasteiger partial charge in [0.15, 0.2) is 0 Å². The average Bonchev–Trinajstić information content (AvgIpc) is 3.49. The second-order valence-corrected chi connectivity index (χ2v) is 13.0. The van der Waals surface area contributed by atoms with Crippen LogP contribution in [0.5, 0.6) is 0 Å². The highest BCUT2D eigenvalue weighted by Gasteiger charge is 2.77. The van der Waals surface area contributed by atoms with Crippen molar-refractivity contribution in [3.05, 3.63) is 61.2 Å². The molecule has 7 atom stereocenters. The molecule has 1 N–H and O–H groups in total. The molecular formula is C30H40BrN3O5. The zero-order chi connectivity index (χ0) is 28.7. The number of nitrogens with zero attached hydrogens (tertiary/aromatic N) is 3. The maximum absolute atomic E-state index is 14.3. The average molecular weight is 603 g/mol. The molecule has 2 bridgehead atoms. The van der Waals surface area contributed by atoms with Crippen LogP contribution in [0.15, 0.2) is 55.6 Å². The summed E-state index contributed by atoms with van der Waals surface area (Å²) >= 11 is 3.73. The molecule has 212 valence electrons. The topological polar surface area (TPSA) is 90.4 Å². The number of fused-ring (bicyclic) bond motifs is 1. The van der Waals surface area contributed by atoms with Crippen LogP contribution in [0.2, 0.25) is 0 Å². The van der Waals surface area contributed by atoms with Gasteiger partial charge in [0.05, 0.1) is 30.6 Å². The van der Waals surface area contributed by atoms with E-state index in [2.05, 4.69) is 29.1 Å². The number of hydrogen-bond acceptors (Lipinski definition) is 5. The van der Waals surface area contributed by atoms with Crippen LogP contribution in [-0.2, 0) is 25.7 Å². The molecule has 3 fully saturated rings. The van der Waals surface area contributed by atoms with Crippen molar-refractivity contribution in [2.24, 2.45) is 11.8 Å². The minimum atomic E-state index is -1.19. The number of alkyl halides is 1. The van der Waals surface area contributed by atoms with Crippen molar-refractivity contribution in [1.29, 1.82) is 0 Å².